The predicted octanol–water partition coefficient (Wildman–Crippen LogP) is 4.82. The Morgan fingerprint density at radius 1 is 0.969 bits per heavy atom. The Morgan fingerprint density at radius 3 is 2.27 bits per heavy atom. The van der Waals surface area contributed by atoms with Gasteiger partial charge in [-0.3, -0.25) is 24.1 Å². The molecule has 1 saturated carbocycles. The van der Waals surface area contributed by atoms with E-state index >= 15 is 0 Å². The first kappa shape index (κ1) is 48.5. The molecule has 0 bridgehead atoms. The van der Waals surface area contributed by atoms with Gasteiger partial charge >= 0.3 is 0 Å². The number of likely N-dealkylation sites (tertiary alicyclic amines) is 1. The van der Waals surface area contributed by atoms with Crippen LogP contribution in [0.5, 0.6) is 5.75 Å². The molecular formula is C47H60Cl2N8O7. The van der Waals surface area contributed by atoms with Crippen molar-refractivity contribution >= 4 is 52.6 Å². The molecule has 1 aromatic heterocycles. The Balaban J connectivity index is 0.926. The molecule has 0 radical (unpaired) electrons. The zero-order valence-electron chi connectivity index (χ0n) is 37.6. The molecule has 2 aliphatic heterocycles. The summed E-state index contributed by atoms with van der Waals surface area (Å²) in [5.41, 5.74) is 0.889. The molecule has 6 rings (SSSR count). The number of anilines is 1. The Labute approximate surface area is 385 Å². The second-order valence-electron chi connectivity index (χ2n) is 18.5. The van der Waals surface area contributed by atoms with Crippen molar-refractivity contribution in [1.82, 2.24) is 30.7 Å². The number of hydrogen-bond acceptors (Lipinski definition) is 11. The SMILES string of the molecule is CC(C)[C@H](OCCN1CCN(c2ccc(C(=O)NC3C(C)(C)C(Oc4ccc(C#N)c(Cl)c4)C3(C)C)cn2)CC1)C(=O)N[C@@H](C)C(=O)N1C[C@H](O)C[C@H]1C(=O)NCc1ccc(Cl)cc1. The van der Waals surface area contributed by atoms with Crippen molar-refractivity contribution in [3.63, 3.8) is 0 Å². The molecule has 4 N–H and O–H groups in total. The molecule has 15 nitrogen and oxygen atoms in total. The fourth-order valence-electron chi connectivity index (χ4n) is 9.42. The highest BCUT2D eigenvalue weighted by molar-refractivity contribution is 6.31. The number of β-amino-alcohol motifs (C(OH)–C–C–N with tert-alkyl or cyclic N) is 1. The molecule has 1 aliphatic carbocycles. The number of aromatic nitrogens is 1. The second kappa shape index (κ2) is 20.5. The van der Waals surface area contributed by atoms with Gasteiger partial charge in [-0.05, 0) is 54.8 Å². The summed E-state index contributed by atoms with van der Waals surface area (Å²) in [5, 5.41) is 29.4. The van der Waals surface area contributed by atoms with Crippen molar-refractivity contribution in [2.24, 2.45) is 16.7 Å². The highest BCUT2D eigenvalue weighted by Crippen LogP contribution is 2.55. The lowest BCUT2D eigenvalue weighted by atomic mass is 9.49. The molecule has 64 heavy (non-hydrogen) atoms. The third kappa shape index (κ3) is 11.1. The van der Waals surface area contributed by atoms with Gasteiger partial charge in [-0.1, -0.05) is 76.9 Å². The van der Waals surface area contributed by atoms with Crippen LogP contribution in [0.15, 0.2) is 60.8 Å². The van der Waals surface area contributed by atoms with Crippen LogP contribution in [0.2, 0.25) is 10.0 Å². The van der Waals surface area contributed by atoms with Gasteiger partial charge in [-0.25, -0.2) is 4.98 Å². The summed E-state index contributed by atoms with van der Waals surface area (Å²) in [4.78, 5) is 64.0. The molecule has 3 aromatic rings. The first-order valence-corrected chi connectivity index (χ1v) is 22.6. The van der Waals surface area contributed by atoms with Crippen LogP contribution in [0.25, 0.3) is 0 Å². The highest BCUT2D eigenvalue weighted by Gasteiger charge is 2.64. The van der Waals surface area contributed by atoms with Gasteiger partial charge in [-0.15, -0.1) is 0 Å². The maximum atomic E-state index is 13.5. The van der Waals surface area contributed by atoms with Crippen LogP contribution in [0.4, 0.5) is 5.82 Å². The highest BCUT2D eigenvalue weighted by atomic mass is 35.5. The lowest BCUT2D eigenvalue weighted by molar-refractivity contribution is -0.164. The molecule has 4 amide bonds. The third-order valence-corrected chi connectivity index (χ3v) is 13.2. The Morgan fingerprint density at radius 2 is 1.66 bits per heavy atom. The zero-order chi connectivity index (χ0) is 46.5. The molecule has 2 aromatic carbocycles. The maximum Gasteiger partial charge on any atom is 0.253 e. The second-order valence-corrected chi connectivity index (χ2v) is 19.4. The van der Waals surface area contributed by atoms with E-state index in [2.05, 4.69) is 64.5 Å². The quantitative estimate of drug-likeness (QED) is 0.154. The van der Waals surface area contributed by atoms with Crippen molar-refractivity contribution < 1.29 is 33.8 Å². The van der Waals surface area contributed by atoms with E-state index in [0.29, 0.717) is 53.2 Å². The summed E-state index contributed by atoms with van der Waals surface area (Å²) < 4.78 is 12.5. The third-order valence-electron chi connectivity index (χ3n) is 12.7. The zero-order valence-corrected chi connectivity index (χ0v) is 39.1. The van der Waals surface area contributed by atoms with E-state index in [4.69, 9.17) is 32.7 Å². The number of ether oxygens (including phenoxy) is 2. The lowest BCUT2D eigenvalue weighted by Gasteiger charge is -2.63. The van der Waals surface area contributed by atoms with Gasteiger partial charge in [0.1, 0.15) is 41.9 Å². The number of pyridine rings is 1. The lowest BCUT2D eigenvalue weighted by Crippen LogP contribution is -2.74. The van der Waals surface area contributed by atoms with Crippen LogP contribution in [0.1, 0.15) is 76.4 Å². The van der Waals surface area contributed by atoms with E-state index in [-0.39, 0.29) is 49.4 Å². The van der Waals surface area contributed by atoms with Gasteiger partial charge in [0, 0.05) is 86.4 Å². The minimum atomic E-state index is -0.947. The van der Waals surface area contributed by atoms with Crippen molar-refractivity contribution in [2.75, 3.05) is 50.8 Å². The summed E-state index contributed by atoms with van der Waals surface area (Å²) in [5.74, 6) is -0.299. The molecule has 0 spiro atoms. The van der Waals surface area contributed by atoms with Crippen LogP contribution in [0.3, 0.4) is 0 Å². The number of benzene rings is 2. The molecule has 4 atom stereocenters. The molecule has 3 heterocycles. The minimum Gasteiger partial charge on any atom is -0.489 e. The normalized spacial score (nSPS) is 22.5. The first-order valence-electron chi connectivity index (χ1n) is 21.8. The number of piperazine rings is 1. The fourth-order valence-corrected chi connectivity index (χ4v) is 9.76. The van der Waals surface area contributed by atoms with Gasteiger partial charge in [0.2, 0.25) is 17.7 Å². The molecule has 3 fully saturated rings. The molecule has 3 aliphatic rings. The van der Waals surface area contributed by atoms with Crippen LogP contribution < -0.4 is 25.6 Å². The van der Waals surface area contributed by atoms with Crippen molar-refractivity contribution in [3.8, 4) is 11.8 Å². The van der Waals surface area contributed by atoms with Crippen LogP contribution in [-0.4, -0.2) is 126 Å². The molecule has 2 saturated heterocycles. The number of aliphatic hydroxyl groups is 1. The number of nitrogens with zero attached hydrogens (tertiary/aromatic N) is 5. The Bertz CT molecular complexity index is 2180. The smallest absolute Gasteiger partial charge is 0.253 e. The van der Waals surface area contributed by atoms with Gasteiger partial charge in [0.25, 0.3) is 5.91 Å². The summed E-state index contributed by atoms with van der Waals surface area (Å²) in [7, 11) is 0. The molecule has 344 valence electrons. The fraction of sp³-hybridized carbons (Fsp3) is 0.532. The van der Waals surface area contributed by atoms with Gasteiger partial charge < -0.3 is 40.3 Å². The van der Waals surface area contributed by atoms with Gasteiger partial charge in [-0.2, -0.15) is 5.26 Å². The number of carbonyl (C=O) groups is 4. The van der Waals surface area contributed by atoms with Crippen molar-refractivity contribution in [1.29, 1.82) is 5.26 Å². The first-order chi connectivity index (χ1) is 30.3. The largest absolute Gasteiger partial charge is 0.489 e. The number of hydrogen-bond donors (Lipinski definition) is 4. The number of nitrogens with one attached hydrogen (secondary N) is 3. The number of rotatable bonds is 16. The van der Waals surface area contributed by atoms with E-state index in [1.54, 1.807) is 61.7 Å². The van der Waals surface area contributed by atoms with Crippen LogP contribution >= 0.6 is 23.2 Å². The monoisotopic (exact) mass is 918 g/mol. The summed E-state index contributed by atoms with van der Waals surface area (Å²) in [6.45, 7) is 17.6. The Kier molecular flexibility index (Phi) is 15.5. The predicted molar refractivity (Wildman–Crippen MR) is 244 cm³/mol. The summed E-state index contributed by atoms with van der Waals surface area (Å²) >= 11 is 12.2. The summed E-state index contributed by atoms with van der Waals surface area (Å²) in [6, 6.07) is 15.8. The number of nitriles is 1. The number of amides is 4. The number of carbonyl (C=O) groups excluding carboxylic acids is 4. The average molecular weight is 920 g/mol. The maximum absolute atomic E-state index is 13.5. The van der Waals surface area contributed by atoms with E-state index in [9.17, 15) is 29.5 Å². The minimum absolute atomic E-state index is 0.0100. The van der Waals surface area contributed by atoms with Crippen molar-refractivity contribution in [2.45, 2.75) is 97.9 Å². The summed E-state index contributed by atoms with van der Waals surface area (Å²) in [6.07, 6.45) is -0.173. The average Bonchev–Trinajstić information content (AvgIpc) is 3.66. The molecular weight excluding hydrogens is 859 g/mol. The van der Waals surface area contributed by atoms with E-state index in [1.807, 2.05) is 19.9 Å². The topological polar surface area (TPSA) is 189 Å². The number of halogens is 2. The van der Waals surface area contributed by atoms with E-state index < -0.39 is 46.9 Å². The van der Waals surface area contributed by atoms with Crippen molar-refractivity contribution in [3.05, 3.63) is 87.5 Å². The standard InChI is InChI=1S/C47H60Cl2N8O7/c1-28(2)39(42(61)53-29(3)43(62)57-27-34(58)22-37(57)41(60)52-25-30-8-12-33(48)13-9-30)63-21-20-55-16-18-56(19-17-55)38-15-11-32(26-51-38)40(59)54-44-46(4,5)45(47(44,6)7)64-35-14-10-31(24-50)36(49)23-35/h8-15,23,26,28-29,34,37,39,44-45,58H,16-22,25,27H2,1-7H3,(H,52,60)(H,53,61)(H,54,59)/t29-,34+,37-,39-,44?,45?/m0/s1. The Hall–Kier alpha value is -4.98. The van der Waals surface area contributed by atoms with Gasteiger partial charge in [0.05, 0.1) is 28.9 Å². The number of aliphatic hydroxyl groups excluding tert-OH is 1. The van der Waals surface area contributed by atoms with E-state index in [0.717, 1.165) is 24.5 Å². The van der Waals surface area contributed by atoms with E-state index in [1.165, 1.54) is 4.90 Å². The molecule has 0 unspecified atom stereocenters. The van der Waals surface area contributed by atoms with Gasteiger partial charge in [0.15, 0.2) is 0 Å². The molecule has 17 heteroatoms. The van der Waals surface area contributed by atoms with Crippen LogP contribution in [-0.2, 0) is 25.7 Å². The van der Waals surface area contributed by atoms with Crippen LogP contribution in [0, 0.1) is 28.1 Å².